The normalized spacial score (nSPS) is 10.5. The molecule has 4 aromatic rings. The van der Waals surface area contributed by atoms with Gasteiger partial charge >= 0.3 is 0 Å². The lowest BCUT2D eigenvalue weighted by Gasteiger charge is -2.04. The number of para-hydroxylation sites is 1. The predicted octanol–water partition coefficient (Wildman–Crippen LogP) is 5.68. The monoisotopic (exact) mass is 419 g/mol. The lowest BCUT2D eigenvalue weighted by Crippen LogP contribution is -2.11. The summed E-state index contributed by atoms with van der Waals surface area (Å²) in [5, 5.41) is 8.40. The number of carbonyl (C=O) groups is 2. The number of hydrogen-bond acceptors (Lipinski definition) is 5. The molecule has 4 rings (SSSR count). The van der Waals surface area contributed by atoms with Crippen LogP contribution in [0.1, 0.15) is 25.0 Å². The van der Waals surface area contributed by atoms with Crippen LogP contribution in [0.25, 0.3) is 10.6 Å². The van der Waals surface area contributed by atoms with Gasteiger partial charge in [-0.05, 0) is 54.8 Å². The van der Waals surface area contributed by atoms with Gasteiger partial charge in [-0.15, -0.1) is 22.7 Å². The van der Waals surface area contributed by atoms with Crippen LogP contribution in [0.4, 0.5) is 11.4 Å². The quantitative estimate of drug-likeness (QED) is 0.437. The van der Waals surface area contributed by atoms with Gasteiger partial charge in [-0.1, -0.05) is 24.3 Å². The number of thiazole rings is 1. The van der Waals surface area contributed by atoms with Crippen molar-refractivity contribution in [3.63, 3.8) is 0 Å². The summed E-state index contributed by atoms with van der Waals surface area (Å²) in [6.07, 6.45) is 0. The van der Waals surface area contributed by atoms with Gasteiger partial charge in [-0.25, -0.2) is 4.98 Å². The molecule has 5 nitrogen and oxygen atoms in total. The van der Waals surface area contributed by atoms with Crippen molar-refractivity contribution in [3.05, 3.63) is 87.6 Å². The van der Waals surface area contributed by atoms with E-state index in [9.17, 15) is 9.59 Å². The number of carbonyl (C=O) groups excluding carboxylic acids is 2. The second kappa shape index (κ2) is 8.38. The Morgan fingerprint density at radius 1 is 0.828 bits per heavy atom. The van der Waals surface area contributed by atoms with Crippen molar-refractivity contribution >= 4 is 45.9 Å². The third-order valence-corrected chi connectivity index (χ3v) is 6.24. The standard InChI is InChI=1S/C22H17N3O2S2/c1-14-19(21(27)25-16-6-3-2-4-7-16)29-22(23-14)15-9-11-17(12-10-15)24-20(26)18-8-5-13-28-18/h2-13H,1H3,(H,24,26)(H,25,27). The van der Waals surface area contributed by atoms with Crippen molar-refractivity contribution in [3.8, 4) is 10.6 Å². The van der Waals surface area contributed by atoms with E-state index in [2.05, 4.69) is 15.6 Å². The first kappa shape index (κ1) is 19.0. The molecule has 0 fully saturated rings. The van der Waals surface area contributed by atoms with Gasteiger partial charge in [0.1, 0.15) is 9.88 Å². The molecule has 0 aliphatic heterocycles. The molecule has 0 saturated heterocycles. The van der Waals surface area contributed by atoms with Crippen molar-refractivity contribution in [2.24, 2.45) is 0 Å². The Hall–Kier alpha value is -3.29. The maximum absolute atomic E-state index is 12.6. The molecular formula is C22H17N3O2S2. The maximum Gasteiger partial charge on any atom is 0.267 e. The van der Waals surface area contributed by atoms with Crippen molar-refractivity contribution < 1.29 is 9.59 Å². The van der Waals surface area contributed by atoms with Gasteiger partial charge in [0.05, 0.1) is 10.6 Å². The molecule has 0 aliphatic rings. The van der Waals surface area contributed by atoms with Gasteiger partial charge in [0.25, 0.3) is 11.8 Å². The molecule has 0 spiro atoms. The number of anilines is 2. The fourth-order valence-corrected chi connectivity index (χ4v) is 4.32. The molecule has 0 bridgehead atoms. The Kier molecular flexibility index (Phi) is 5.50. The van der Waals surface area contributed by atoms with Gasteiger partial charge in [0.2, 0.25) is 0 Å². The highest BCUT2D eigenvalue weighted by atomic mass is 32.1. The molecule has 7 heteroatoms. The number of thiophene rings is 1. The van der Waals surface area contributed by atoms with Gasteiger partial charge < -0.3 is 10.6 Å². The van der Waals surface area contributed by atoms with Crippen LogP contribution in [0.15, 0.2) is 72.1 Å². The van der Waals surface area contributed by atoms with E-state index in [4.69, 9.17) is 0 Å². The summed E-state index contributed by atoms with van der Waals surface area (Å²) in [6.45, 7) is 1.83. The molecule has 144 valence electrons. The number of aryl methyl sites for hydroxylation is 1. The number of rotatable bonds is 5. The van der Waals surface area contributed by atoms with Crippen molar-refractivity contribution in [2.75, 3.05) is 10.6 Å². The molecule has 0 saturated carbocycles. The second-order valence-corrected chi connectivity index (χ2v) is 8.21. The molecule has 0 aliphatic carbocycles. The van der Waals surface area contributed by atoms with E-state index >= 15 is 0 Å². The maximum atomic E-state index is 12.6. The van der Waals surface area contributed by atoms with Crippen LogP contribution in [-0.2, 0) is 0 Å². The number of nitrogens with zero attached hydrogens (tertiary/aromatic N) is 1. The van der Waals surface area contributed by atoms with Crippen molar-refractivity contribution in [2.45, 2.75) is 6.92 Å². The number of aromatic nitrogens is 1. The molecule has 0 atom stereocenters. The molecule has 0 radical (unpaired) electrons. The van der Waals surface area contributed by atoms with E-state index in [-0.39, 0.29) is 11.8 Å². The van der Waals surface area contributed by atoms with E-state index in [1.807, 2.05) is 73.0 Å². The fraction of sp³-hybridized carbons (Fsp3) is 0.0455. The van der Waals surface area contributed by atoms with Crippen molar-refractivity contribution in [1.82, 2.24) is 4.98 Å². The highest BCUT2D eigenvalue weighted by Gasteiger charge is 2.16. The highest BCUT2D eigenvalue weighted by Crippen LogP contribution is 2.29. The SMILES string of the molecule is Cc1nc(-c2ccc(NC(=O)c3cccs3)cc2)sc1C(=O)Nc1ccccc1. The molecule has 0 unspecified atom stereocenters. The molecule has 2 N–H and O–H groups in total. The zero-order valence-electron chi connectivity index (χ0n) is 15.5. The van der Waals surface area contributed by atoms with Crippen LogP contribution < -0.4 is 10.6 Å². The zero-order chi connectivity index (χ0) is 20.2. The minimum atomic E-state index is -0.169. The molecule has 2 aromatic carbocycles. The Morgan fingerprint density at radius 2 is 1.52 bits per heavy atom. The summed E-state index contributed by atoms with van der Waals surface area (Å²) >= 11 is 2.75. The Bertz CT molecular complexity index is 1130. The fourth-order valence-electron chi connectivity index (χ4n) is 2.74. The summed E-state index contributed by atoms with van der Waals surface area (Å²) in [6, 6.07) is 20.4. The minimum Gasteiger partial charge on any atom is -0.321 e. The van der Waals surface area contributed by atoms with Crippen LogP contribution in [0, 0.1) is 6.92 Å². The van der Waals surface area contributed by atoms with E-state index in [1.54, 1.807) is 6.07 Å². The molecule has 29 heavy (non-hydrogen) atoms. The summed E-state index contributed by atoms with van der Waals surface area (Å²) < 4.78 is 0. The summed E-state index contributed by atoms with van der Waals surface area (Å²) in [5.74, 6) is -0.296. The zero-order valence-corrected chi connectivity index (χ0v) is 17.1. The topological polar surface area (TPSA) is 71.1 Å². The van der Waals surface area contributed by atoms with Crippen LogP contribution in [0.5, 0.6) is 0 Å². The van der Waals surface area contributed by atoms with Crippen molar-refractivity contribution in [1.29, 1.82) is 0 Å². The lowest BCUT2D eigenvalue weighted by atomic mass is 10.2. The van der Waals surface area contributed by atoms with Crippen LogP contribution in [0.2, 0.25) is 0 Å². The van der Waals surface area contributed by atoms with E-state index in [0.29, 0.717) is 21.1 Å². The average molecular weight is 420 g/mol. The largest absolute Gasteiger partial charge is 0.321 e. The van der Waals surface area contributed by atoms with Gasteiger partial charge in [-0.3, -0.25) is 9.59 Å². The summed E-state index contributed by atoms with van der Waals surface area (Å²) in [7, 11) is 0. The average Bonchev–Trinajstić information content (AvgIpc) is 3.39. The smallest absolute Gasteiger partial charge is 0.267 e. The van der Waals surface area contributed by atoms with E-state index in [0.717, 1.165) is 16.3 Å². The number of hydrogen-bond donors (Lipinski definition) is 2. The first-order chi connectivity index (χ1) is 14.1. The predicted molar refractivity (Wildman–Crippen MR) is 119 cm³/mol. The van der Waals surface area contributed by atoms with Crippen LogP contribution in [0.3, 0.4) is 0 Å². The molecule has 2 amide bonds. The number of amides is 2. The number of nitrogens with one attached hydrogen (secondary N) is 2. The lowest BCUT2D eigenvalue weighted by molar-refractivity contribution is 0.102. The summed E-state index contributed by atoms with van der Waals surface area (Å²) in [5.41, 5.74) is 3.04. The van der Waals surface area contributed by atoms with E-state index < -0.39 is 0 Å². The van der Waals surface area contributed by atoms with Crippen LogP contribution in [-0.4, -0.2) is 16.8 Å². The van der Waals surface area contributed by atoms with Gasteiger partial charge in [0, 0.05) is 16.9 Å². The third kappa shape index (κ3) is 4.42. The molecule has 2 aromatic heterocycles. The summed E-state index contributed by atoms with van der Waals surface area (Å²) in [4.78, 5) is 30.5. The van der Waals surface area contributed by atoms with E-state index in [1.165, 1.54) is 22.7 Å². The third-order valence-electron chi connectivity index (χ3n) is 4.17. The molecule has 2 heterocycles. The Balaban J connectivity index is 1.48. The first-order valence-corrected chi connectivity index (χ1v) is 10.6. The Morgan fingerprint density at radius 3 is 2.21 bits per heavy atom. The van der Waals surface area contributed by atoms with Crippen LogP contribution >= 0.6 is 22.7 Å². The Labute approximate surface area is 176 Å². The molecular weight excluding hydrogens is 402 g/mol. The highest BCUT2D eigenvalue weighted by molar-refractivity contribution is 7.17. The number of benzene rings is 2. The first-order valence-electron chi connectivity index (χ1n) is 8.89. The minimum absolute atomic E-state index is 0.127. The van der Waals surface area contributed by atoms with Gasteiger partial charge in [0.15, 0.2) is 0 Å². The second-order valence-electron chi connectivity index (χ2n) is 6.26. The van der Waals surface area contributed by atoms with Gasteiger partial charge in [-0.2, -0.15) is 0 Å².